The van der Waals surface area contributed by atoms with Gasteiger partial charge in [-0.05, 0) is 41.5 Å². The molecule has 0 atom stereocenters. The number of hydrogen-bond donors (Lipinski definition) is 1. The molecule has 0 spiro atoms. The zero-order chi connectivity index (χ0) is 11.8. The molecule has 0 aliphatic heterocycles. The van der Waals surface area contributed by atoms with Crippen molar-refractivity contribution in [3.63, 3.8) is 0 Å². The van der Waals surface area contributed by atoms with E-state index in [-0.39, 0.29) is 5.41 Å². The minimum atomic E-state index is 0.255. The van der Waals surface area contributed by atoms with E-state index in [0.717, 1.165) is 12.8 Å². The van der Waals surface area contributed by atoms with Gasteiger partial charge in [-0.2, -0.15) is 0 Å². The lowest BCUT2D eigenvalue weighted by atomic mass is 9.82. The minimum Gasteiger partial charge on any atom is -0.361 e. The van der Waals surface area contributed by atoms with Crippen LogP contribution in [0.3, 0.4) is 0 Å². The van der Waals surface area contributed by atoms with Gasteiger partial charge in [0.2, 0.25) is 0 Å². The molecule has 2 rings (SSSR count). The Morgan fingerprint density at radius 2 is 1.94 bits per heavy atom. The molecule has 0 saturated heterocycles. The van der Waals surface area contributed by atoms with Crippen molar-refractivity contribution in [2.45, 2.75) is 46.0 Å². The van der Waals surface area contributed by atoms with Crippen LogP contribution in [0.1, 0.15) is 45.2 Å². The summed E-state index contributed by atoms with van der Waals surface area (Å²) in [6.45, 7) is 9.09. The monoisotopic (exact) mass is 215 g/mol. The zero-order valence-corrected chi connectivity index (χ0v) is 10.7. The van der Waals surface area contributed by atoms with Gasteiger partial charge >= 0.3 is 0 Å². The van der Waals surface area contributed by atoms with Crippen molar-refractivity contribution in [3.05, 3.63) is 35.5 Å². The highest BCUT2D eigenvalue weighted by Crippen LogP contribution is 2.33. The summed E-state index contributed by atoms with van der Waals surface area (Å²) < 4.78 is 0. The Morgan fingerprint density at radius 1 is 1.19 bits per heavy atom. The van der Waals surface area contributed by atoms with E-state index in [9.17, 15) is 0 Å². The highest BCUT2D eigenvalue weighted by Gasteiger charge is 2.21. The Kier molecular flexibility index (Phi) is 2.79. The summed E-state index contributed by atoms with van der Waals surface area (Å²) in [5.41, 5.74) is 4.37. The highest BCUT2D eigenvalue weighted by molar-refractivity contribution is 5.85. The maximum Gasteiger partial charge on any atom is 0.0457 e. The number of fused-ring (bicyclic) bond motifs is 1. The predicted molar refractivity (Wildman–Crippen MR) is 71.0 cm³/mol. The van der Waals surface area contributed by atoms with E-state index in [0.29, 0.717) is 0 Å². The van der Waals surface area contributed by atoms with Crippen LogP contribution in [0.5, 0.6) is 0 Å². The fourth-order valence-corrected chi connectivity index (χ4v) is 2.14. The van der Waals surface area contributed by atoms with Crippen LogP contribution in [0.15, 0.2) is 24.4 Å². The second kappa shape index (κ2) is 3.97. The molecule has 0 aliphatic carbocycles. The van der Waals surface area contributed by atoms with E-state index in [2.05, 4.69) is 57.1 Å². The van der Waals surface area contributed by atoms with Gasteiger partial charge in [-0.15, -0.1) is 0 Å². The molecule has 1 aromatic carbocycles. The number of H-pyrrole nitrogens is 1. The van der Waals surface area contributed by atoms with E-state index in [1.54, 1.807) is 0 Å². The van der Waals surface area contributed by atoms with Crippen molar-refractivity contribution in [1.82, 2.24) is 4.98 Å². The van der Waals surface area contributed by atoms with Crippen LogP contribution in [0.4, 0.5) is 0 Å². The summed E-state index contributed by atoms with van der Waals surface area (Å²) in [5.74, 6) is 0. The maximum atomic E-state index is 3.38. The van der Waals surface area contributed by atoms with E-state index < -0.39 is 0 Å². The molecule has 1 aromatic heterocycles. The Bertz CT molecular complexity index is 491. The first-order chi connectivity index (χ1) is 7.58. The molecular formula is C15H21N. The van der Waals surface area contributed by atoms with Gasteiger partial charge in [0, 0.05) is 17.1 Å². The van der Waals surface area contributed by atoms with Crippen molar-refractivity contribution in [1.29, 1.82) is 0 Å². The lowest BCUT2D eigenvalue weighted by Crippen LogP contribution is -2.14. The van der Waals surface area contributed by atoms with Gasteiger partial charge in [-0.1, -0.05) is 33.8 Å². The first kappa shape index (κ1) is 11.3. The number of rotatable bonds is 3. The molecular weight excluding hydrogens is 194 g/mol. The number of aromatic amines is 1. The fourth-order valence-electron chi connectivity index (χ4n) is 2.14. The Balaban J connectivity index is 2.62. The zero-order valence-electron chi connectivity index (χ0n) is 10.7. The van der Waals surface area contributed by atoms with Crippen LogP contribution < -0.4 is 0 Å². The fraction of sp³-hybridized carbons (Fsp3) is 0.467. The lowest BCUT2D eigenvalue weighted by molar-refractivity contribution is 0.510. The molecule has 1 nitrogen and oxygen atoms in total. The summed E-state index contributed by atoms with van der Waals surface area (Å²) in [6.07, 6.45) is 4.44. The summed E-state index contributed by atoms with van der Waals surface area (Å²) >= 11 is 0. The Labute approximate surface area is 97.9 Å². The number of aromatic nitrogens is 1. The van der Waals surface area contributed by atoms with Crippen LogP contribution in [-0.2, 0) is 11.8 Å². The van der Waals surface area contributed by atoms with Gasteiger partial charge in [0.25, 0.3) is 0 Å². The summed E-state index contributed by atoms with van der Waals surface area (Å²) in [6, 6.07) is 6.74. The lowest BCUT2D eigenvalue weighted by Gasteiger charge is -2.22. The molecule has 0 saturated carbocycles. The third-order valence-electron chi connectivity index (χ3n) is 3.77. The number of benzene rings is 1. The second-order valence-electron chi connectivity index (χ2n) is 5.17. The molecule has 86 valence electrons. The molecule has 1 N–H and O–H groups in total. The Hall–Kier alpha value is -1.24. The standard InChI is InChI=1S/C15H21N/c1-5-11-7-8-14-12(9-11)13(10-16-14)15(3,4)6-2/h7-10,16H,5-6H2,1-4H3. The average molecular weight is 215 g/mol. The van der Waals surface area contributed by atoms with Gasteiger partial charge in [-0.25, -0.2) is 0 Å². The molecule has 1 heteroatoms. The largest absolute Gasteiger partial charge is 0.361 e. The molecule has 0 amide bonds. The topological polar surface area (TPSA) is 15.8 Å². The summed E-state index contributed by atoms with van der Waals surface area (Å²) in [4.78, 5) is 3.38. The predicted octanol–water partition coefficient (Wildman–Crippen LogP) is 4.42. The van der Waals surface area contributed by atoms with E-state index in [1.807, 2.05) is 0 Å². The van der Waals surface area contributed by atoms with Crippen molar-refractivity contribution in [3.8, 4) is 0 Å². The molecule has 0 radical (unpaired) electrons. The molecule has 0 aliphatic rings. The first-order valence-corrected chi connectivity index (χ1v) is 6.19. The van der Waals surface area contributed by atoms with Crippen molar-refractivity contribution in [2.75, 3.05) is 0 Å². The van der Waals surface area contributed by atoms with Gasteiger partial charge in [-0.3, -0.25) is 0 Å². The van der Waals surface area contributed by atoms with Crippen LogP contribution in [-0.4, -0.2) is 4.98 Å². The van der Waals surface area contributed by atoms with Gasteiger partial charge in [0.1, 0.15) is 0 Å². The SMILES string of the molecule is CCc1ccc2[nH]cc(C(C)(C)CC)c2c1. The molecule has 2 aromatic rings. The maximum absolute atomic E-state index is 3.38. The van der Waals surface area contributed by atoms with Gasteiger partial charge in [0.05, 0.1) is 0 Å². The highest BCUT2D eigenvalue weighted by atomic mass is 14.7. The third-order valence-corrected chi connectivity index (χ3v) is 3.77. The molecule has 1 heterocycles. The second-order valence-corrected chi connectivity index (χ2v) is 5.17. The number of aryl methyl sites for hydroxylation is 1. The minimum absolute atomic E-state index is 0.255. The van der Waals surface area contributed by atoms with Gasteiger partial charge < -0.3 is 4.98 Å². The molecule has 0 fully saturated rings. The molecule has 0 unspecified atom stereocenters. The van der Waals surface area contributed by atoms with Crippen LogP contribution >= 0.6 is 0 Å². The number of nitrogens with one attached hydrogen (secondary N) is 1. The third kappa shape index (κ3) is 1.75. The first-order valence-electron chi connectivity index (χ1n) is 6.19. The number of hydrogen-bond acceptors (Lipinski definition) is 0. The van der Waals surface area contributed by atoms with Crippen LogP contribution in [0.25, 0.3) is 10.9 Å². The van der Waals surface area contributed by atoms with E-state index in [4.69, 9.17) is 0 Å². The van der Waals surface area contributed by atoms with Crippen molar-refractivity contribution < 1.29 is 0 Å². The van der Waals surface area contributed by atoms with Crippen LogP contribution in [0, 0.1) is 0 Å². The molecule has 16 heavy (non-hydrogen) atoms. The van der Waals surface area contributed by atoms with Gasteiger partial charge in [0.15, 0.2) is 0 Å². The molecule has 0 bridgehead atoms. The van der Waals surface area contributed by atoms with Crippen molar-refractivity contribution in [2.24, 2.45) is 0 Å². The van der Waals surface area contributed by atoms with E-state index >= 15 is 0 Å². The van der Waals surface area contributed by atoms with E-state index in [1.165, 1.54) is 22.0 Å². The van der Waals surface area contributed by atoms with Crippen molar-refractivity contribution >= 4 is 10.9 Å². The van der Waals surface area contributed by atoms with Crippen LogP contribution in [0.2, 0.25) is 0 Å². The Morgan fingerprint density at radius 3 is 2.56 bits per heavy atom. The average Bonchev–Trinajstić information content (AvgIpc) is 2.72. The normalized spacial score (nSPS) is 12.2. The quantitative estimate of drug-likeness (QED) is 0.780. The summed E-state index contributed by atoms with van der Waals surface area (Å²) in [5, 5.41) is 1.39. The smallest absolute Gasteiger partial charge is 0.0457 e. The summed E-state index contributed by atoms with van der Waals surface area (Å²) in [7, 11) is 0.